The van der Waals surface area contributed by atoms with E-state index < -0.39 is 5.60 Å². The summed E-state index contributed by atoms with van der Waals surface area (Å²) in [5, 5.41) is 8.92. The molecule has 29 heavy (non-hydrogen) atoms. The van der Waals surface area contributed by atoms with E-state index in [0.29, 0.717) is 30.6 Å². The number of hydrogen-bond acceptors (Lipinski definition) is 4. The van der Waals surface area contributed by atoms with Crippen LogP contribution >= 0.6 is 12.4 Å². The minimum Gasteiger partial charge on any atom is -0.368 e. The second kappa shape index (κ2) is 10.3. The topological polar surface area (TPSA) is 79.5 Å². The van der Waals surface area contributed by atoms with Crippen LogP contribution in [-0.2, 0) is 16.1 Å². The van der Waals surface area contributed by atoms with E-state index in [0.717, 1.165) is 18.7 Å². The molecule has 0 bridgehead atoms. The second-order valence-corrected chi connectivity index (χ2v) is 6.79. The molecule has 8 heteroatoms. The fourth-order valence-electron chi connectivity index (χ4n) is 3.21. The minimum atomic E-state index is -0.770. The van der Waals surface area contributed by atoms with E-state index in [9.17, 15) is 14.0 Å². The summed E-state index contributed by atoms with van der Waals surface area (Å²) in [4.78, 5) is 24.7. The van der Waals surface area contributed by atoms with Crippen molar-refractivity contribution in [2.75, 3.05) is 25.5 Å². The summed E-state index contributed by atoms with van der Waals surface area (Å²) in [7, 11) is 1.57. The number of hydrogen-bond donors (Lipinski definition) is 3. The molecular weight excluding hydrogens is 397 g/mol. The fraction of sp³-hybridized carbons (Fsp3) is 0.333. The van der Waals surface area contributed by atoms with Crippen LogP contribution in [-0.4, -0.2) is 37.6 Å². The van der Waals surface area contributed by atoms with Gasteiger partial charge in [-0.05, 0) is 67.9 Å². The van der Waals surface area contributed by atoms with E-state index in [1.807, 2.05) is 12.1 Å². The number of halogens is 2. The van der Waals surface area contributed by atoms with Crippen LogP contribution in [0.3, 0.4) is 0 Å². The highest BCUT2D eigenvalue weighted by Crippen LogP contribution is 2.22. The number of piperidine rings is 1. The van der Waals surface area contributed by atoms with Crippen molar-refractivity contribution in [1.29, 1.82) is 0 Å². The molecule has 3 N–H and O–H groups in total. The van der Waals surface area contributed by atoms with Gasteiger partial charge < -0.3 is 20.7 Å². The van der Waals surface area contributed by atoms with Crippen molar-refractivity contribution < 1.29 is 18.7 Å². The number of benzene rings is 2. The monoisotopic (exact) mass is 421 g/mol. The van der Waals surface area contributed by atoms with Crippen molar-refractivity contribution in [3.63, 3.8) is 0 Å². The summed E-state index contributed by atoms with van der Waals surface area (Å²) >= 11 is 0. The third-order valence-corrected chi connectivity index (χ3v) is 4.99. The molecule has 6 nitrogen and oxygen atoms in total. The molecule has 0 radical (unpaired) electrons. The summed E-state index contributed by atoms with van der Waals surface area (Å²) in [6.45, 7) is 1.89. The maximum atomic E-state index is 12.9. The van der Waals surface area contributed by atoms with E-state index in [-0.39, 0.29) is 30.0 Å². The number of methoxy groups -OCH3 is 1. The van der Waals surface area contributed by atoms with Crippen LogP contribution in [0.15, 0.2) is 48.5 Å². The minimum absolute atomic E-state index is 0. The predicted octanol–water partition coefficient (Wildman–Crippen LogP) is 2.88. The summed E-state index contributed by atoms with van der Waals surface area (Å²) in [5.74, 6) is -0.804. The molecule has 156 valence electrons. The largest absolute Gasteiger partial charge is 0.368 e. The zero-order chi connectivity index (χ0) is 20.0. The first-order valence-electron chi connectivity index (χ1n) is 9.22. The molecule has 1 saturated heterocycles. The quantitative estimate of drug-likeness (QED) is 0.670. The number of amides is 2. The Labute approximate surface area is 175 Å². The lowest BCUT2D eigenvalue weighted by Crippen LogP contribution is -2.53. The molecule has 2 aromatic rings. The smallest absolute Gasteiger partial charge is 0.255 e. The molecule has 2 amide bonds. The first-order valence-corrected chi connectivity index (χ1v) is 9.22. The van der Waals surface area contributed by atoms with Crippen LogP contribution in [0.2, 0.25) is 0 Å². The first-order chi connectivity index (χ1) is 13.5. The lowest BCUT2D eigenvalue weighted by Gasteiger charge is -2.34. The van der Waals surface area contributed by atoms with E-state index in [1.165, 1.54) is 24.3 Å². The molecule has 3 rings (SSSR count). The molecule has 1 heterocycles. The van der Waals surface area contributed by atoms with Crippen LogP contribution in [0.25, 0.3) is 0 Å². The van der Waals surface area contributed by atoms with Crippen LogP contribution in [0.4, 0.5) is 10.1 Å². The van der Waals surface area contributed by atoms with Gasteiger partial charge in [0, 0.05) is 24.9 Å². The molecule has 0 aliphatic carbocycles. The molecule has 1 aliphatic heterocycles. The van der Waals surface area contributed by atoms with Crippen LogP contribution in [0.1, 0.15) is 28.8 Å². The van der Waals surface area contributed by atoms with Crippen molar-refractivity contribution in [3.8, 4) is 0 Å². The number of nitrogens with one attached hydrogen (secondary N) is 3. The van der Waals surface area contributed by atoms with E-state index in [1.54, 1.807) is 19.2 Å². The molecule has 1 aliphatic rings. The lowest BCUT2D eigenvalue weighted by molar-refractivity contribution is -0.146. The van der Waals surface area contributed by atoms with E-state index in [2.05, 4.69) is 16.0 Å². The number of carbonyl (C=O) groups is 2. The third-order valence-electron chi connectivity index (χ3n) is 4.99. The van der Waals surface area contributed by atoms with E-state index >= 15 is 0 Å². The molecule has 1 fully saturated rings. The van der Waals surface area contributed by atoms with Gasteiger partial charge in [0.15, 0.2) is 0 Å². The fourth-order valence-corrected chi connectivity index (χ4v) is 3.21. The van der Waals surface area contributed by atoms with Gasteiger partial charge in [-0.2, -0.15) is 0 Å². The molecule has 0 spiro atoms. The highest BCUT2D eigenvalue weighted by Gasteiger charge is 2.39. The zero-order valence-corrected chi connectivity index (χ0v) is 17.0. The summed E-state index contributed by atoms with van der Waals surface area (Å²) < 4.78 is 18.5. The van der Waals surface area contributed by atoms with Crippen LogP contribution in [0.5, 0.6) is 0 Å². The molecular formula is C21H25ClFN3O3. The molecule has 0 saturated carbocycles. The lowest BCUT2D eigenvalue weighted by atomic mass is 9.91. The number of carbonyl (C=O) groups excluding carboxylic acids is 2. The van der Waals surface area contributed by atoms with Gasteiger partial charge in [0.1, 0.15) is 11.4 Å². The van der Waals surface area contributed by atoms with Crippen molar-refractivity contribution in [3.05, 3.63) is 65.5 Å². The average molecular weight is 422 g/mol. The van der Waals surface area contributed by atoms with Crippen molar-refractivity contribution in [2.24, 2.45) is 0 Å². The number of anilines is 1. The van der Waals surface area contributed by atoms with Gasteiger partial charge in [-0.3, -0.25) is 9.59 Å². The highest BCUT2D eigenvalue weighted by atomic mass is 35.5. The molecule has 2 aromatic carbocycles. The zero-order valence-electron chi connectivity index (χ0n) is 16.2. The summed E-state index contributed by atoms with van der Waals surface area (Å²) in [6.07, 6.45) is 1.29. The van der Waals surface area contributed by atoms with Gasteiger partial charge in [0.2, 0.25) is 0 Å². The van der Waals surface area contributed by atoms with Gasteiger partial charge in [-0.25, -0.2) is 4.39 Å². The van der Waals surface area contributed by atoms with Gasteiger partial charge in [0.25, 0.3) is 11.8 Å². The summed E-state index contributed by atoms with van der Waals surface area (Å²) in [5.41, 5.74) is 1.14. The maximum absolute atomic E-state index is 12.9. The van der Waals surface area contributed by atoms with Gasteiger partial charge in [0.05, 0.1) is 0 Å². The van der Waals surface area contributed by atoms with Crippen LogP contribution in [0, 0.1) is 5.82 Å². The molecule has 0 unspecified atom stereocenters. The Hall–Kier alpha value is -2.48. The average Bonchev–Trinajstić information content (AvgIpc) is 2.74. The molecule has 0 atom stereocenters. The standard InChI is InChI=1S/C21H24FN3O3.ClH/c1-28-21(10-12-23-13-11-21)20(27)24-14-15-2-8-18(9-3-15)25-19(26)16-4-6-17(22)7-5-16;/h2-9,23H,10-14H2,1H3,(H,24,27)(H,25,26);1H. The summed E-state index contributed by atoms with van der Waals surface area (Å²) in [6, 6.07) is 12.6. The Morgan fingerprint density at radius 3 is 2.28 bits per heavy atom. The van der Waals surface area contributed by atoms with Gasteiger partial charge in [-0.15, -0.1) is 12.4 Å². The van der Waals surface area contributed by atoms with Crippen molar-refractivity contribution in [2.45, 2.75) is 25.0 Å². The van der Waals surface area contributed by atoms with Gasteiger partial charge >= 0.3 is 0 Å². The Kier molecular flexibility index (Phi) is 8.13. The number of ether oxygens (including phenoxy) is 1. The highest BCUT2D eigenvalue weighted by molar-refractivity contribution is 6.04. The SMILES string of the molecule is COC1(C(=O)NCc2ccc(NC(=O)c3ccc(F)cc3)cc2)CCNCC1.Cl. The Bertz CT molecular complexity index is 822. The number of rotatable bonds is 6. The Balaban J connectivity index is 0.00000300. The second-order valence-electron chi connectivity index (χ2n) is 6.79. The molecule has 0 aromatic heterocycles. The Morgan fingerprint density at radius 2 is 1.69 bits per heavy atom. The first kappa shape index (κ1) is 22.8. The van der Waals surface area contributed by atoms with Gasteiger partial charge in [-0.1, -0.05) is 12.1 Å². The predicted molar refractivity (Wildman–Crippen MR) is 112 cm³/mol. The third kappa shape index (κ3) is 5.76. The van der Waals surface area contributed by atoms with Crippen LogP contribution < -0.4 is 16.0 Å². The van der Waals surface area contributed by atoms with Crippen molar-refractivity contribution >= 4 is 29.9 Å². The van der Waals surface area contributed by atoms with Crippen molar-refractivity contribution in [1.82, 2.24) is 10.6 Å². The normalized spacial score (nSPS) is 15.1. The Morgan fingerprint density at radius 1 is 1.07 bits per heavy atom. The van der Waals surface area contributed by atoms with E-state index in [4.69, 9.17) is 4.74 Å². The maximum Gasteiger partial charge on any atom is 0.255 e.